The Kier molecular flexibility index (Phi) is 10.1. The highest BCUT2D eigenvalue weighted by Gasteiger charge is 2.69. The molecule has 50 heavy (non-hydrogen) atoms. The van der Waals surface area contributed by atoms with Crippen LogP contribution < -0.4 is 0 Å². The van der Waals surface area contributed by atoms with E-state index in [1.807, 2.05) is 0 Å². The van der Waals surface area contributed by atoms with Crippen LogP contribution in [0.2, 0.25) is 0 Å². The number of rotatable bonds is 8. The summed E-state index contributed by atoms with van der Waals surface area (Å²) in [4.78, 5) is 25.1. The van der Waals surface area contributed by atoms with Crippen LogP contribution in [0.1, 0.15) is 71.6 Å². The first-order chi connectivity index (χ1) is 23.8. The van der Waals surface area contributed by atoms with Gasteiger partial charge in [0, 0.05) is 24.0 Å². The van der Waals surface area contributed by atoms with E-state index in [1.165, 1.54) is 7.11 Å². The standard InChI is InChI=1S/C36H54O14/c1-17-30(50-32-28(42)27(41)26(40)24(14-37)49-32)31(45-3)29(43)33(47-17)48-20-6-10-35(16-38)19(13-20)4-5-23-22(35)7-9-34(2)21(8-11-36(23,34)44)18-12-25(39)46-15-18/h12,16-17,19-24,26-33,37,40-44H,4-11,13-15H2,1-3H3/t17-,19+,20+,21+,22-,23+,24+,26+,27-,28+,29-,30+,31+,32-,33-,34-,35-,36+/m1/s1. The average molecular weight is 711 g/mol. The molecule has 0 radical (unpaired) electrons. The molecule has 3 aliphatic heterocycles. The highest BCUT2D eigenvalue weighted by atomic mass is 16.7. The highest BCUT2D eigenvalue weighted by molar-refractivity contribution is 5.85. The molecule has 7 rings (SSSR count). The number of methoxy groups -OCH3 is 1. The minimum absolute atomic E-state index is 0.0174. The molecule has 0 unspecified atom stereocenters. The summed E-state index contributed by atoms with van der Waals surface area (Å²) in [5.74, 6) is -0.159. The Bertz CT molecular complexity index is 1310. The van der Waals surface area contributed by atoms with Crippen LogP contribution in [-0.4, -0.2) is 136 Å². The van der Waals surface area contributed by atoms with Crippen molar-refractivity contribution in [1.29, 1.82) is 0 Å². The predicted octanol–water partition coefficient (Wildman–Crippen LogP) is 0.113. The van der Waals surface area contributed by atoms with E-state index < -0.39 is 84.4 Å². The number of fused-ring (bicyclic) bond motifs is 5. The van der Waals surface area contributed by atoms with Crippen LogP contribution in [0.15, 0.2) is 11.6 Å². The number of hydrogen-bond acceptors (Lipinski definition) is 14. The van der Waals surface area contributed by atoms with Gasteiger partial charge in [-0.05, 0) is 94.0 Å². The zero-order valence-corrected chi connectivity index (χ0v) is 29.0. The van der Waals surface area contributed by atoms with Crippen LogP contribution in [0.4, 0.5) is 0 Å². The first-order valence-electron chi connectivity index (χ1n) is 18.4. The SMILES string of the molecule is CO[C@H]1[C@@H](O)[C@@H](O[C@H]2CC[C@@]3(C=O)[C@@H](CC[C@H]4[C@H]3CC[C@]3(C)[C@H](C5=CC(=O)OC5)CC[C@]43O)C2)O[C@H](C)[C@@H]1O[C@H]1O[C@@H](CO)[C@H](O)[C@@H](O)[C@@H]1O. The van der Waals surface area contributed by atoms with Crippen LogP contribution in [0, 0.1) is 34.5 Å². The van der Waals surface area contributed by atoms with Crippen molar-refractivity contribution in [2.75, 3.05) is 20.3 Å². The van der Waals surface area contributed by atoms with Gasteiger partial charge < -0.3 is 63.9 Å². The number of aliphatic hydroxyl groups is 6. The van der Waals surface area contributed by atoms with Gasteiger partial charge in [0.1, 0.15) is 55.6 Å². The summed E-state index contributed by atoms with van der Waals surface area (Å²) in [6, 6.07) is 0. The minimum atomic E-state index is -1.63. The molecule has 0 spiro atoms. The molecule has 6 N–H and O–H groups in total. The first-order valence-corrected chi connectivity index (χ1v) is 18.4. The van der Waals surface area contributed by atoms with Gasteiger partial charge >= 0.3 is 5.97 Å². The monoisotopic (exact) mass is 710 g/mol. The summed E-state index contributed by atoms with van der Waals surface area (Å²) in [5.41, 5.74) is -0.922. The topological polar surface area (TPSA) is 211 Å². The van der Waals surface area contributed by atoms with Gasteiger partial charge in [-0.3, -0.25) is 0 Å². The second kappa shape index (κ2) is 13.7. The maximum atomic E-state index is 13.2. The molecule has 0 amide bonds. The molecule has 14 heteroatoms. The Hall–Kier alpha value is -1.56. The number of ether oxygens (including phenoxy) is 6. The number of carbonyl (C=O) groups is 2. The fraction of sp³-hybridized carbons (Fsp3) is 0.889. The number of hydrogen-bond donors (Lipinski definition) is 6. The Balaban J connectivity index is 1.01. The molecule has 0 aromatic heterocycles. The maximum absolute atomic E-state index is 13.2. The van der Waals surface area contributed by atoms with E-state index in [0.717, 1.165) is 44.0 Å². The van der Waals surface area contributed by atoms with Gasteiger partial charge in [-0.1, -0.05) is 6.92 Å². The molecule has 3 heterocycles. The van der Waals surface area contributed by atoms with Gasteiger partial charge in [0.25, 0.3) is 0 Å². The average Bonchev–Trinajstić information content (AvgIpc) is 3.65. The van der Waals surface area contributed by atoms with Crippen LogP contribution in [0.3, 0.4) is 0 Å². The lowest BCUT2D eigenvalue weighted by molar-refractivity contribution is -0.362. The van der Waals surface area contributed by atoms with Crippen molar-refractivity contribution in [3.05, 3.63) is 11.6 Å². The number of cyclic esters (lactones) is 1. The van der Waals surface area contributed by atoms with E-state index in [9.17, 15) is 40.2 Å². The van der Waals surface area contributed by atoms with Gasteiger partial charge in [0.2, 0.25) is 0 Å². The van der Waals surface area contributed by atoms with E-state index in [-0.39, 0.29) is 35.7 Å². The van der Waals surface area contributed by atoms with Crippen molar-refractivity contribution < 1.29 is 68.6 Å². The quantitative estimate of drug-likeness (QED) is 0.112. The van der Waals surface area contributed by atoms with Crippen LogP contribution in [-0.2, 0) is 38.0 Å². The minimum Gasteiger partial charge on any atom is -0.458 e. The third-order valence-electron chi connectivity index (χ3n) is 14.2. The summed E-state index contributed by atoms with van der Waals surface area (Å²) in [5, 5.41) is 64.3. The van der Waals surface area contributed by atoms with Crippen LogP contribution in [0.25, 0.3) is 0 Å². The van der Waals surface area contributed by atoms with Crippen molar-refractivity contribution in [2.45, 2.75) is 145 Å². The van der Waals surface area contributed by atoms with E-state index in [0.29, 0.717) is 32.3 Å². The Morgan fingerprint density at radius 1 is 0.900 bits per heavy atom. The highest BCUT2D eigenvalue weighted by Crippen LogP contribution is 2.69. The summed E-state index contributed by atoms with van der Waals surface area (Å²) in [6.45, 7) is 3.55. The Labute approximate surface area is 292 Å². The van der Waals surface area contributed by atoms with Crippen molar-refractivity contribution in [3.63, 3.8) is 0 Å². The van der Waals surface area contributed by atoms with Crippen molar-refractivity contribution >= 4 is 12.3 Å². The normalized spacial score (nSPS) is 53.5. The summed E-state index contributed by atoms with van der Waals surface area (Å²) in [7, 11) is 1.40. The van der Waals surface area contributed by atoms with Gasteiger partial charge in [0.15, 0.2) is 12.6 Å². The van der Waals surface area contributed by atoms with Gasteiger partial charge in [-0.2, -0.15) is 0 Å². The molecule has 4 aliphatic carbocycles. The molecule has 0 bridgehead atoms. The van der Waals surface area contributed by atoms with E-state index >= 15 is 0 Å². The summed E-state index contributed by atoms with van der Waals surface area (Å²) >= 11 is 0. The number of carbonyl (C=O) groups excluding carboxylic acids is 2. The fourth-order valence-corrected chi connectivity index (χ4v) is 11.5. The van der Waals surface area contributed by atoms with E-state index in [2.05, 4.69) is 6.92 Å². The molecule has 282 valence electrons. The molecule has 18 atom stereocenters. The zero-order valence-electron chi connectivity index (χ0n) is 29.0. The van der Waals surface area contributed by atoms with Gasteiger partial charge in [-0.15, -0.1) is 0 Å². The van der Waals surface area contributed by atoms with Crippen molar-refractivity contribution in [3.8, 4) is 0 Å². The molecular formula is C36H54O14. The molecule has 0 aromatic carbocycles. The molecule has 7 aliphatic rings. The predicted molar refractivity (Wildman–Crippen MR) is 171 cm³/mol. The second-order valence-corrected chi connectivity index (χ2v) is 16.2. The Morgan fingerprint density at radius 2 is 1.66 bits per heavy atom. The fourth-order valence-electron chi connectivity index (χ4n) is 11.5. The number of aldehydes is 1. The smallest absolute Gasteiger partial charge is 0.331 e. The first kappa shape index (κ1) is 36.8. The largest absolute Gasteiger partial charge is 0.458 e. The molecule has 2 saturated heterocycles. The molecule has 14 nitrogen and oxygen atoms in total. The number of aliphatic hydroxyl groups excluding tert-OH is 5. The second-order valence-electron chi connectivity index (χ2n) is 16.2. The zero-order chi connectivity index (χ0) is 35.7. The molecule has 0 aromatic rings. The van der Waals surface area contributed by atoms with Crippen molar-refractivity contribution in [1.82, 2.24) is 0 Å². The summed E-state index contributed by atoms with van der Waals surface area (Å²) in [6.07, 6.45) is -3.53. The molecule has 6 fully saturated rings. The molecular weight excluding hydrogens is 656 g/mol. The van der Waals surface area contributed by atoms with E-state index in [4.69, 9.17) is 28.4 Å². The Morgan fingerprint density at radius 3 is 2.34 bits per heavy atom. The maximum Gasteiger partial charge on any atom is 0.331 e. The lowest BCUT2D eigenvalue weighted by Gasteiger charge is -2.63. The van der Waals surface area contributed by atoms with Crippen LogP contribution >= 0.6 is 0 Å². The van der Waals surface area contributed by atoms with Crippen LogP contribution in [0.5, 0.6) is 0 Å². The number of esters is 1. The van der Waals surface area contributed by atoms with Gasteiger partial charge in [-0.25, -0.2) is 4.79 Å². The van der Waals surface area contributed by atoms with Gasteiger partial charge in [0.05, 0.1) is 24.4 Å². The van der Waals surface area contributed by atoms with E-state index in [1.54, 1.807) is 13.0 Å². The lowest BCUT2D eigenvalue weighted by Crippen LogP contribution is -2.65. The third-order valence-corrected chi connectivity index (χ3v) is 14.2. The van der Waals surface area contributed by atoms with Crippen molar-refractivity contribution in [2.24, 2.45) is 34.5 Å². The third kappa shape index (κ3) is 5.64. The lowest BCUT2D eigenvalue weighted by atomic mass is 9.43. The molecule has 4 saturated carbocycles. The summed E-state index contributed by atoms with van der Waals surface area (Å²) < 4.78 is 34.9.